The van der Waals surface area contributed by atoms with Crippen molar-refractivity contribution < 1.29 is 18.9 Å². The van der Waals surface area contributed by atoms with Gasteiger partial charge in [-0.1, -0.05) is 30.3 Å². The van der Waals surface area contributed by atoms with Crippen LogP contribution >= 0.6 is 0 Å². The highest BCUT2D eigenvalue weighted by Crippen LogP contribution is 2.49. The minimum absolute atomic E-state index is 0.456. The van der Waals surface area contributed by atoms with E-state index >= 15 is 0 Å². The molecule has 2 atom stereocenters. The number of rotatable bonds is 0. The van der Waals surface area contributed by atoms with Gasteiger partial charge in [0.25, 0.3) is 0 Å². The Bertz CT molecular complexity index is 924. The first-order valence-electron chi connectivity index (χ1n) is 11.4. The fourth-order valence-electron chi connectivity index (χ4n) is 4.40. The van der Waals surface area contributed by atoms with E-state index in [9.17, 15) is 0 Å². The van der Waals surface area contributed by atoms with Crippen molar-refractivity contribution in [2.75, 3.05) is 26.4 Å². The van der Waals surface area contributed by atoms with E-state index in [0.29, 0.717) is 51.5 Å². The molecule has 0 amide bonds. The van der Waals surface area contributed by atoms with Gasteiger partial charge in [-0.25, -0.2) is 0 Å². The maximum absolute atomic E-state index is 5.86. The molecule has 3 aromatic rings. The Morgan fingerprint density at radius 2 is 1.03 bits per heavy atom. The van der Waals surface area contributed by atoms with Gasteiger partial charge in [0.15, 0.2) is 0 Å². The summed E-state index contributed by atoms with van der Waals surface area (Å²) < 4.78 is 23.2. The SMILES string of the molecule is c1cc2nc(c1)COCCOc1ccc(cc1)C1CCC1c1ccc(cc1)OCCOC2. The Morgan fingerprint density at radius 3 is 1.47 bits per heavy atom. The van der Waals surface area contributed by atoms with Crippen LogP contribution in [0, 0.1) is 0 Å². The van der Waals surface area contributed by atoms with Gasteiger partial charge in [0, 0.05) is 0 Å². The van der Waals surface area contributed by atoms with Crippen LogP contribution in [0.2, 0.25) is 0 Å². The lowest BCUT2D eigenvalue weighted by molar-refractivity contribution is 0.0819. The normalized spacial score (nSPS) is 21.6. The molecule has 0 N–H and O–H groups in total. The quantitative estimate of drug-likeness (QED) is 0.487. The lowest BCUT2D eigenvalue weighted by Gasteiger charge is -2.37. The molecule has 1 fully saturated rings. The third-order valence-electron chi connectivity index (χ3n) is 6.25. The zero-order valence-corrected chi connectivity index (χ0v) is 18.2. The van der Waals surface area contributed by atoms with Crippen LogP contribution < -0.4 is 9.47 Å². The largest absolute Gasteiger partial charge is 0.491 e. The first-order valence-corrected chi connectivity index (χ1v) is 11.4. The van der Waals surface area contributed by atoms with E-state index in [0.717, 1.165) is 22.9 Å². The number of ether oxygens (including phenoxy) is 4. The van der Waals surface area contributed by atoms with Crippen LogP contribution in [0.5, 0.6) is 11.5 Å². The molecule has 4 heterocycles. The van der Waals surface area contributed by atoms with E-state index in [-0.39, 0.29) is 0 Å². The third kappa shape index (κ3) is 5.12. The number of pyridine rings is 1. The number of fused-ring (bicyclic) bond motifs is 2. The van der Waals surface area contributed by atoms with E-state index < -0.39 is 0 Å². The summed E-state index contributed by atoms with van der Waals surface area (Å²) in [7, 11) is 0. The van der Waals surface area contributed by atoms with Crippen LogP contribution in [0.1, 0.15) is 47.2 Å². The molecule has 6 bridgehead atoms. The fourth-order valence-corrected chi connectivity index (χ4v) is 4.40. The van der Waals surface area contributed by atoms with E-state index in [2.05, 4.69) is 53.5 Å². The van der Waals surface area contributed by atoms with Gasteiger partial charge < -0.3 is 18.9 Å². The van der Waals surface area contributed by atoms with E-state index in [1.165, 1.54) is 24.0 Å². The molecule has 2 aromatic carbocycles. The number of benzene rings is 2. The van der Waals surface area contributed by atoms with Crippen LogP contribution in [-0.2, 0) is 22.7 Å². The first kappa shape index (κ1) is 21.0. The number of aromatic nitrogens is 1. The van der Waals surface area contributed by atoms with Crippen molar-refractivity contribution in [2.24, 2.45) is 0 Å². The molecular formula is C27H29NO4. The van der Waals surface area contributed by atoms with Gasteiger partial charge in [-0.05, 0) is 72.2 Å². The van der Waals surface area contributed by atoms with Crippen LogP contribution in [0.25, 0.3) is 0 Å². The average Bonchev–Trinajstić information content (AvgIpc) is 2.80. The van der Waals surface area contributed by atoms with Crippen molar-refractivity contribution in [2.45, 2.75) is 37.9 Å². The molecule has 4 aliphatic rings. The van der Waals surface area contributed by atoms with E-state index in [1.807, 2.05) is 18.2 Å². The first-order chi connectivity index (χ1) is 15.8. The monoisotopic (exact) mass is 431 g/mol. The Labute approximate surface area is 189 Å². The van der Waals surface area contributed by atoms with Gasteiger partial charge in [0.05, 0.1) is 37.8 Å². The summed E-state index contributed by atoms with van der Waals surface area (Å²) >= 11 is 0. The molecule has 0 saturated heterocycles. The molecule has 2 unspecified atom stereocenters. The molecule has 1 aliphatic carbocycles. The summed E-state index contributed by atoms with van der Waals surface area (Å²) in [6, 6.07) is 23.0. The van der Waals surface area contributed by atoms with Gasteiger partial charge in [0.1, 0.15) is 24.7 Å². The Hall–Kier alpha value is -2.89. The summed E-state index contributed by atoms with van der Waals surface area (Å²) in [5, 5.41) is 0. The molecule has 1 saturated carbocycles. The molecule has 32 heavy (non-hydrogen) atoms. The molecular weight excluding hydrogens is 402 g/mol. The molecule has 5 heteroatoms. The van der Waals surface area contributed by atoms with Gasteiger partial charge >= 0.3 is 0 Å². The summed E-state index contributed by atoms with van der Waals surface area (Å²) in [5.74, 6) is 2.89. The van der Waals surface area contributed by atoms with Crippen molar-refractivity contribution in [3.8, 4) is 11.5 Å². The minimum Gasteiger partial charge on any atom is -0.491 e. The highest BCUT2D eigenvalue weighted by Gasteiger charge is 2.33. The zero-order valence-electron chi connectivity index (χ0n) is 18.2. The van der Waals surface area contributed by atoms with Crippen LogP contribution in [0.4, 0.5) is 0 Å². The average molecular weight is 432 g/mol. The Morgan fingerprint density at radius 1 is 0.562 bits per heavy atom. The van der Waals surface area contributed by atoms with Crippen LogP contribution in [-0.4, -0.2) is 31.4 Å². The highest BCUT2D eigenvalue weighted by atomic mass is 16.5. The topological polar surface area (TPSA) is 49.8 Å². The van der Waals surface area contributed by atoms with Gasteiger partial charge in [-0.15, -0.1) is 0 Å². The van der Waals surface area contributed by atoms with Crippen LogP contribution in [0.15, 0.2) is 66.7 Å². The second-order valence-electron chi connectivity index (χ2n) is 8.35. The minimum atomic E-state index is 0.456. The standard InChI is InChI=1S/C27H29NO4/c1-2-22-18-29-14-16-31-24-8-4-20(5-9-24)26-12-13-27(26)21-6-10-25(11-7-21)32-17-15-30-19-23(3-1)28-22/h1-11,26-27H,12-19H2. The summed E-state index contributed by atoms with van der Waals surface area (Å²) in [5.41, 5.74) is 4.54. The molecule has 7 rings (SSSR count). The van der Waals surface area contributed by atoms with Crippen molar-refractivity contribution in [3.05, 3.63) is 89.2 Å². The predicted molar refractivity (Wildman–Crippen MR) is 122 cm³/mol. The molecule has 1 aromatic heterocycles. The van der Waals surface area contributed by atoms with Crippen LogP contribution in [0.3, 0.4) is 0 Å². The molecule has 3 aliphatic heterocycles. The smallest absolute Gasteiger partial charge is 0.119 e. The Kier molecular flexibility index (Phi) is 6.66. The number of hydrogen-bond donors (Lipinski definition) is 0. The van der Waals surface area contributed by atoms with Crippen molar-refractivity contribution >= 4 is 0 Å². The molecule has 5 nitrogen and oxygen atoms in total. The number of nitrogens with zero attached hydrogens (tertiary/aromatic N) is 1. The summed E-state index contributed by atoms with van der Waals surface area (Å²) in [6.07, 6.45) is 2.45. The molecule has 0 radical (unpaired) electrons. The van der Waals surface area contributed by atoms with Gasteiger partial charge in [0.2, 0.25) is 0 Å². The second-order valence-corrected chi connectivity index (χ2v) is 8.35. The molecule has 0 spiro atoms. The van der Waals surface area contributed by atoms with E-state index in [1.54, 1.807) is 0 Å². The maximum atomic E-state index is 5.86. The zero-order chi connectivity index (χ0) is 21.6. The van der Waals surface area contributed by atoms with Crippen molar-refractivity contribution in [3.63, 3.8) is 0 Å². The lowest BCUT2D eigenvalue weighted by Crippen LogP contribution is -2.21. The summed E-state index contributed by atoms with van der Waals surface area (Å²) in [4.78, 5) is 4.60. The van der Waals surface area contributed by atoms with E-state index in [4.69, 9.17) is 18.9 Å². The maximum Gasteiger partial charge on any atom is 0.119 e. The highest BCUT2D eigenvalue weighted by molar-refractivity contribution is 5.37. The lowest BCUT2D eigenvalue weighted by atomic mass is 9.67. The fraction of sp³-hybridized carbons (Fsp3) is 0.370. The predicted octanol–water partition coefficient (Wildman–Crippen LogP) is 5.25. The Balaban J connectivity index is 1.29. The summed E-state index contributed by atoms with van der Waals surface area (Å²) in [6.45, 7) is 2.97. The number of hydrogen-bond acceptors (Lipinski definition) is 5. The van der Waals surface area contributed by atoms with Crippen molar-refractivity contribution in [1.82, 2.24) is 4.98 Å². The van der Waals surface area contributed by atoms with Gasteiger partial charge in [-0.3, -0.25) is 4.98 Å². The van der Waals surface area contributed by atoms with Gasteiger partial charge in [-0.2, -0.15) is 0 Å². The van der Waals surface area contributed by atoms with Crippen molar-refractivity contribution in [1.29, 1.82) is 0 Å². The molecule has 166 valence electrons. The third-order valence-corrected chi connectivity index (χ3v) is 6.25. The second kappa shape index (κ2) is 10.2.